The van der Waals surface area contributed by atoms with Crippen LogP contribution in [-0.4, -0.2) is 15.0 Å². The maximum atomic E-state index is 4.11. The normalized spacial score (nSPS) is 13.2. The second-order valence-corrected chi connectivity index (χ2v) is 4.24. The van der Waals surface area contributed by atoms with Crippen molar-refractivity contribution in [2.75, 3.05) is 0 Å². The Morgan fingerprint density at radius 1 is 1.54 bits per heavy atom. The zero-order valence-electron chi connectivity index (χ0n) is 8.20. The van der Waals surface area contributed by atoms with Gasteiger partial charge in [-0.1, -0.05) is 41.4 Å². The molecule has 0 bridgehead atoms. The van der Waals surface area contributed by atoms with E-state index in [2.05, 4.69) is 40.1 Å². The van der Waals surface area contributed by atoms with Gasteiger partial charge in [0.25, 0.3) is 0 Å². The van der Waals surface area contributed by atoms with Gasteiger partial charge in [0.05, 0.1) is 10.5 Å². The van der Waals surface area contributed by atoms with Crippen molar-refractivity contribution in [1.29, 1.82) is 0 Å². The predicted molar refractivity (Wildman–Crippen MR) is 56.9 cm³/mol. The topological polar surface area (TPSA) is 30.7 Å². The second-order valence-electron chi connectivity index (χ2n) is 3.14. The van der Waals surface area contributed by atoms with Crippen molar-refractivity contribution >= 4 is 15.9 Å². The average Bonchev–Trinajstić information content (AvgIpc) is 2.62. The van der Waals surface area contributed by atoms with Crippen LogP contribution in [-0.2, 0) is 6.54 Å². The minimum Gasteiger partial charge on any atom is -0.252 e. The van der Waals surface area contributed by atoms with Crippen LogP contribution in [0, 0.1) is 0 Å². The van der Waals surface area contributed by atoms with Crippen molar-refractivity contribution in [2.24, 2.45) is 0 Å². The summed E-state index contributed by atoms with van der Waals surface area (Å²) in [6, 6.07) is 0. The van der Waals surface area contributed by atoms with Crippen molar-refractivity contribution < 1.29 is 0 Å². The predicted octanol–water partition coefficient (Wildman–Crippen LogP) is 2.92. The van der Waals surface area contributed by atoms with Crippen LogP contribution >= 0.6 is 15.9 Å². The summed E-state index contributed by atoms with van der Waals surface area (Å²) < 4.78 is 1.92. The van der Waals surface area contributed by atoms with E-state index in [1.54, 1.807) is 0 Å². The van der Waals surface area contributed by atoms with Crippen molar-refractivity contribution in [3.8, 4) is 0 Å². The maximum Gasteiger partial charge on any atom is 0.0963 e. The molecule has 1 aromatic rings. The maximum absolute atomic E-state index is 4.11. The Hall–Kier alpha value is -0.380. The number of unbranched alkanes of at least 4 members (excludes halogenated alkanes) is 1. The fourth-order valence-electron chi connectivity index (χ4n) is 1.10. The molecular formula is C9H16BrN3. The largest absolute Gasteiger partial charge is 0.252 e. The molecule has 13 heavy (non-hydrogen) atoms. The molecule has 1 unspecified atom stereocenters. The molecule has 0 aromatic carbocycles. The lowest BCUT2D eigenvalue weighted by atomic mass is 10.3. The molecular weight excluding hydrogens is 230 g/mol. The summed E-state index contributed by atoms with van der Waals surface area (Å²) in [4.78, 5) is 0.350. The van der Waals surface area contributed by atoms with E-state index in [0.29, 0.717) is 4.83 Å². The molecule has 3 nitrogen and oxygen atoms in total. The van der Waals surface area contributed by atoms with E-state index < -0.39 is 0 Å². The SMILES string of the molecule is CCCCn1cc(C(Br)CC)nn1. The van der Waals surface area contributed by atoms with Gasteiger partial charge in [-0.05, 0) is 12.8 Å². The molecule has 0 fully saturated rings. The first-order valence-electron chi connectivity index (χ1n) is 4.82. The van der Waals surface area contributed by atoms with Crippen molar-refractivity contribution in [1.82, 2.24) is 15.0 Å². The number of nitrogens with zero attached hydrogens (tertiary/aromatic N) is 3. The van der Waals surface area contributed by atoms with Gasteiger partial charge in [0.15, 0.2) is 0 Å². The van der Waals surface area contributed by atoms with Crippen molar-refractivity contribution in [3.05, 3.63) is 11.9 Å². The Balaban J connectivity index is 2.53. The molecule has 1 atom stereocenters. The van der Waals surface area contributed by atoms with Gasteiger partial charge >= 0.3 is 0 Å². The van der Waals surface area contributed by atoms with Gasteiger partial charge in [-0.15, -0.1) is 5.10 Å². The molecule has 0 spiro atoms. The summed E-state index contributed by atoms with van der Waals surface area (Å²) in [5.41, 5.74) is 1.04. The molecule has 0 aliphatic rings. The molecule has 1 aromatic heterocycles. The van der Waals surface area contributed by atoms with Crippen LogP contribution in [0.25, 0.3) is 0 Å². The summed E-state index contributed by atoms with van der Waals surface area (Å²) in [7, 11) is 0. The van der Waals surface area contributed by atoms with Crippen LogP contribution in [0.2, 0.25) is 0 Å². The monoisotopic (exact) mass is 245 g/mol. The third-order valence-electron chi connectivity index (χ3n) is 1.98. The molecule has 4 heteroatoms. The first-order valence-corrected chi connectivity index (χ1v) is 5.73. The van der Waals surface area contributed by atoms with Crippen LogP contribution in [0.15, 0.2) is 6.20 Å². The molecule has 0 radical (unpaired) electrons. The highest BCUT2D eigenvalue weighted by molar-refractivity contribution is 9.09. The molecule has 74 valence electrons. The van der Waals surface area contributed by atoms with E-state index in [1.165, 1.54) is 12.8 Å². The summed E-state index contributed by atoms with van der Waals surface area (Å²) in [5.74, 6) is 0. The Bertz CT molecular complexity index is 247. The minimum atomic E-state index is 0.350. The highest BCUT2D eigenvalue weighted by Gasteiger charge is 2.08. The Morgan fingerprint density at radius 2 is 2.31 bits per heavy atom. The van der Waals surface area contributed by atoms with Crippen LogP contribution < -0.4 is 0 Å². The molecule has 0 aliphatic heterocycles. The Morgan fingerprint density at radius 3 is 2.92 bits per heavy atom. The lowest BCUT2D eigenvalue weighted by Crippen LogP contribution is -1.97. The van der Waals surface area contributed by atoms with E-state index in [4.69, 9.17) is 0 Å². The fraction of sp³-hybridized carbons (Fsp3) is 0.778. The minimum absolute atomic E-state index is 0.350. The number of aryl methyl sites for hydroxylation is 1. The molecule has 1 rings (SSSR count). The number of rotatable bonds is 5. The van der Waals surface area contributed by atoms with E-state index in [1.807, 2.05) is 10.9 Å². The van der Waals surface area contributed by atoms with Gasteiger partial charge in [-0.2, -0.15) is 0 Å². The summed E-state index contributed by atoms with van der Waals surface area (Å²) in [6.07, 6.45) is 5.44. The molecule has 0 amide bonds. The van der Waals surface area contributed by atoms with Crippen LogP contribution in [0.5, 0.6) is 0 Å². The number of halogens is 1. The average molecular weight is 246 g/mol. The van der Waals surface area contributed by atoms with E-state index in [-0.39, 0.29) is 0 Å². The number of alkyl halides is 1. The number of hydrogen-bond donors (Lipinski definition) is 0. The number of hydrogen-bond acceptors (Lipinski definition) is 2. The first-order chi connectivity index (χ1) is 6.27. The molecule has 0 saturated carbocycles. The molecule has 0 saturated heterocycles. The molecule has 0 N–H and O–H groups in total. The van der Waals surface area contributed by atoms with Gasteiger partial charge in [0.2, 0.25) is 0 Å². The third-order valence-corrected chi connectivity index (χ3v) is 3.09. The van der Waals surface area contributed by atoms with E-state index >= 15 is 0 Å². The highest BCUT2D eigenvalue weighted by atomic mass is 79.9. The van der Waals surface area contributed by atoms with Crippen molar-refractivity contribution in [3.63, 3.8) is 0 Å². The molecule has 1 heterocycles. The van der Waals surface area contributed by atoms with Crippen LogP contribution in [0.1, 0.15) is 43.6 Å². The van der Waals surface area contributed by atoms with Gasteiger partial charge in [0, 0.05) is 12.7 Å². The molecule has 0 aliphatic carbocycles. The lowest BCUT2D eigenvalue weighted by Gasteiger charge is -1.99. The summed E-state index contributed by atoms with van der Waals surface area (Å²) in [5, 5.41) is 8.17. The standard InChI is InChI=1S/C9H16BrN3/c1-3-5-6-13-7-9(11-12-13)8(10)4-2/h7-8H,3-6H2,1-2H3. The zero-order valence-corrected chi connectivity index (χ0v) is 9.79. The summed E-state index contributed by atoms with van der Waals surface area (Å²) >= 11 is 3.55. The quantitative estimate of drug-likeness (QED) is 0.748. The lowest BCUT2D eigenvalue weighted by molar-refractivity contribution is 0.553. The van der Waals surface area contributed by atoms with Crippen molar-refractivity contribution in [2.45, 2.75) is 44.5 Å². The smallest absolute Gasteiger partial charge is 0.0963 e. The fourth-order valence-corrected chi connectivity index (χ4v) is 1.31. The van der Waals surface area contributed by atoms with Gasteiger partial charge < -0.3 is 0 Å². The summed E-state index contributed by atoms with van der Waals surface area (Å²) in [6.45, 7) is 5.29. The van der Waals surface area contributed by atoms with E-state index in [0.717, 1.165) is 18.7 Å². The van der Waals surface area contributed by atoms with Crippen LogP contribution in [0.3, 0.4) is 0 Å². The van der Waals surface area contributed by atoms with E-state index in [9.17, 15) is 0 Å². The Labute approximate surface area is 87.6 Å². The number of aromatic nitrogens is 3. The zero-order chi connectivity index (χ0) is 9.68. The van der Waals surface area contributed by atoms with Crippen LogP contribution in [0.4, 0.5) is 0 Å². The van der Waals surface area contributed by atoms with Gasteiger partial charge in [-0.3, -0.25) is 4.68 Å². The third kappa shape index (κ3) is 3.10. The second kappa shape index (κ2) is 5.37. The van der Waals surface area contributed by atoms with Gasteiger partial charge in [-0.25, -0.2) is 0 Å². The Kier molecular flexibility index (Phi) is 4.42. The first kappa shape index (κ1) is 10.7. The van der Waals surface area contributed by atoms with Gasteiger partial charge in [0.1, 0.15) is 0 Å². The highest BCUT2D eigenvalue weighted by Crippen LogP contribution is 2.23.